The molecule has 5 aromatic carbocycles. The summed E-state index contributed by atoms with van der Waals surface area (Å²) in [6.07, 6.45) is -10.8. The number of nitro groups is 3. The van der Waals surface area contributed by atoms with Crippen LogP contribution in [0.15, 0.2) is 91.0 Å². The molecule has 0 unspecified atom stereocenters. The van der Waals surface area contributed by atoms with E-state index in [2.05, 4.69) is 0 Å². The minimum absolute atomic E-state index is 0.0408. The number of methoxy groups -OCH3 is 1. The zero-order valence-corrected chi connectivity index (χ0v) is 37.4. The van der Waals surface area contributed by atoms with Crippen LogP contribution in [0.2, 0.25) is 0 Å². The van der Waals surface area contributed by atoms with Gasteiger partial charge in [0.25, 0.3) is 17.1 Å². The second kappa shape index (κ2) is 19.4. The number of nitrogens with zero attached hydrogens (tertiary/aromatic N) is 3. The molecular weight excluding hydrogens is 955 g/mol. The highest BCUT2D eigenvalue weighted by atomic mass is 16.7. The summed E-state index contributed by atoms with van der Waals surface area (Å²) in [5.74, 6) is -7.92. The van der Waals surface area contributed by atoms with Gasteiger partial charge in [0.1, 0.15) is 41.7 Å². The van der Waals surface area contributed by atoms with E-state index in [0.29, 0.717) is 0 Å². The largest absolute Gasteiger partial charge is 0.507 e. The van der Waals surface area contributed by atoms with Crippen molar-refractivity contribution in [2.75, 3.05) is 13.7 Å². The summed E-state index contributed by atoms with van der Waals surface area (Å²) in [4.78, 5) is 114. The quantitative estimate of drug-likeness (QED) is 0.0407. The maximum atomic E-state index is 14.2. The Morgan fingerprint density at radius 1 is 0.708 bits per heavy atom. The fourth-order valence-electron chi connectivity index (χ4n) is 8.66. The van der Waals surface area contributed by atoms with Crippen LogP contribution in [0.3, 0.4) is 0 Å². The Morgan fingerprint density at radius 3 is 1.74 bits per heavy atom. The average molecular weight is 992 g/mol. The van der Waals surface area contributed by atoms with Gasteiger partial charge in [-0.3, -0.25) is 44.7 Å². The summed E-state index contributed by atoms with van der Waals surface area (Å²) < 4.78 is 35.2. The van der Waals surface area contributed by atoms with Crippen LogP contribution >= 0.6 is 0 Å². The van der Waals surface area contributed by atoms with Gasteiger partial charge in [-0.2, -0.15) is 0 Å². The molecule has 0 radical (unpaired) electrons. The number of hydrogen-bond donors (Lipinski definition) is 3. The Morgan fingerprint density at radius 2 is 1.22 bits per heavy atom. The van der Waals surface area contributed by atoms with Crippen molar-refractivity contribution < 1.29 is 87.3 Å². The highest BCUT2D eigenvalue weighted by Crippen LogP contribution is 2.53. The predicted molar refractivity (Wildman–Crippen MR) is 239 cm³/mol. The third-order valence-electron chi connectivity index (χ3n) is 12.4. The molecule has 0 spiro atoms. The molecule has 1 saturated heterocycles. The molecule has 1 fully saturated rings. The molecule has 1 aliphatic heterocycles. The topological polar surface area (TPSA) is 348 Å². The predicted octanol–water partition coefficient (Wildman–Crippen LogP) is 5.35. The molecule has 3 N–H and O–H groups in total. The third-order valence-corrected chi connectivity index (χ3v) is 12.4. The lowest BCUT2D eigenvalue weighted by atomic mass is 9.72. The van der Waals surface area contributed by atoms with Crippen LogP contribution in [-0.2, 0) is 34.9 Å². The minimum Gasteiger partial charge on any atom is -0.507 e. The molecule has 24 nitrogen and oxygen atoms in total. The third kappa shape index (κ3) is 9.26. The summed E-state index contributed by atoms with van der Waals surface area (Å²) in [6.45, 7) is 0.147. The van der Waals surface area contributed by atoms with E-state index in [4.69, 9.17) is 28.4 Å². The molecule has 0 saturated carbocycles. The van der Waals surface area contributed by atoms with Crippen LogP contribution in [0.5, 0.6) is 17.2 Å². The molecule has 72 heavy (non-hydrogen) atoms. The van der Waals surface area contributed by atoms with Gasteiger partial charge in [-0.15, -0.1) is 0 Å². The van der Waals surface area contributed by atoms with Crippen molar-refractivity contribution in [3.8, 4) is 17.2 Å². The maximum absolute atomic E-state index is 14.2. The number of hydrogen-bond acceptors (Lipinski definition) is 21. The van der Waals surface area contributed by atoms with Crippen LogP contribution in [-0.4, -0.2) is 109 Å². The van der Waals surface area contributed by atoms with Crippen LogP contribution in [0, 0.1) is 30.3 Å². The number of benzene rings is 5. The molecule has 6 atom stereocenters. The first-order valence-corrected chi connectivity index (χ1v) is 21.4. The van der Waals surface area contributed by atoms with Gasteiger partial charge in [0.2, 0.25) is 5.78 Å². The van der Waals surface area contributed by atoms with E-state index in [0.717, 1.165) is 79.7 Å². The number of carbonyl (C=O) groups excluding carboxylic acids is 6. The minimum atomic E-state index is -2.38. The number of esters is 3. The van der Waals surface area contributed by atoms with Crippen LogP contribution in [0.25, 0.3) is 0 Å². The van der Waals surface area contributed by atoms with Gasteiger partial charge >= 0.3 is 17.9 Å². The van der Waals surface area contributed by atoms with Crippen molar-refractivity contribution >= 4 is 52.3 Å². The number of ether oxygens (including phenoxy) is 6. The van der Waals surface area contributed by atoms with Crippen molar-refractivity contribution in [1.82, 2.24) is 0 Å². The monoisotopic (exact) mass is 991 g/mol. The Labute approximate surface area is 403 Å². The van der Waals surface area contributed by atoms with E-state index >= 15 is 0 Å². The number of phenols is 2. The number of carbonyl (C=O) groups is 6. The molecule has 0 aromatic heterocycles. The molecule has 0 amide bonds. The lowest BCUT2D eigenvalue weighted by Gasteiger charge is -2.43. The van der Waals surface area contributed by atoms with Crippen molar-refractivity contribution in [3.05, 3.63) is 171 Å². The van der Waals surface area contributed by atoms with Crippen molar-refractivity contribution in [2.24, 2.45) is 0 Å². The lowest BCUT2D eigenvalue weighted by Crippen LogP contribution is -2.55. The smallest absolute Gasteiger partial charge is 0.338 e. The van der Waals surface area contributed by atoms with E-state index in [9.17, 15) is 74.4 Å². The number of non-ortho nitro benzene ring substituents is 3. The Balaban J connectivity index is 1.21. The van der Waals surface area contributed by atoms with Gasteiger partial charge in [0.05, 0.1) is 61.4 Å². The highest BCUT2D eigenvalue weighted by Gasteiger charge is 2.51. The van der Waals surface area contributed by atoms with Gasteiger partial charge < -0.3 is 43.7 Å². The van der Waals surface area contributed by atoms with Gasteiger partial charge in [0, 0.05) is 72.4 Å². The zero-order chi connectivity index (χ0) is 51.9. The second-order valence-corrected chi connectivity index (χ2v) is 16.6. The standard InChI is InChI=1S/C48H37N3O21/c1-22(52)48(60)19-30-37(43(56)39-38(41(30)54)40(53)29-4-3-5-31(67-2)36(29)42(39)55)33(20-48)69-35-18-32(71-46(58)24-8-14-27(15-9-24)50(63)64)44(72-47(59)25-10-16-28(17-11-25)51(65)66)34(70-35)21-68-45(57)23-6-12-26(13-7-23)49(61)62/h3-17,32-35,44,54,56,60H,18-21H2,1-2H3/t32-,33+,34-,35+,44+,48+/m1/s1. The van der Waals surface area contributed by atoms with E-state index in [-0.39, 0.29) is 61.8 Å². The average Bonchev–Trinajstić information content (AvgIpc) is 3.36. The van der Waals surface area contributed by atoms with E-state index in [1.54, 1.807) is 0 Å². The van der Waals surface area contributed by atoms with Gasteiger partial charge in [-0.1, -0.05) is 12.1 Å². The molecule has 2 aliphatic carbocycles. The highest BCUT2D eigenvalue weighted by molar-refractivity contribution is 6.31. The van der Waals surface area contributed by atoms with Gasteiger partial charge in [-0.05, 0) is 49.4 Å². The van der Waals surface area contributed by atoms with Crippen molar-refractivity contribution in [3.63, 3.8) is 0 Å². The molecule has 8 rings (SSSR count). The summed E-state index contributed by atoms with van der Waals surface area (Å²) in [6, 6.07) is 16.6. The lowest BCUT2D eigenvalue weighted by molar-refractivity contribution is -0.385. The number of aliphatic hydroxyl groups is 1. The Bertz CT molecular complexity index is 3120. The molecule has 0 bridgehead atoms. The number of fused-ring (bicyclic) bond motifs is 3. The normalized spacial score (nSPS) is 21.0. The van der Waals surface area contributed by atoms with Gasteiger partial charge in [-0.25, -0.2) is 14.4 Å². The molecule has 370 valence electrons. The van der Waals surface area contributed by atoms with Crippen LogP contribution in [0.4, 0.5) is 17.1 Å². The first-order chi connectivity index (χ1) is 34.2. The summed E-state index contributed by atoms with van der Waals surface area (Å²) in [5, 5.41) is 69.8. The van der Waals surface area contributed by atoms with E-state index in [1.807, 2.05) is 0 Å². The molecule has 24 heteroatoms. The van der Waals surface area contributed by atoms with Crippen molar-refractivity contribution in [1.29, 1.82) is 0 Å². The second-order valence-electron chi connectivity index (χ2n) is 16.6. The van der Waals surface area contributed by atoms with Gasteiger partial charge in [0.15, 0.2) is 24.0 Å². The van der Waals surface area contributed by atoms with Crippen LogP contribution in [0.1, 0.15) is 99.9 Å². The van der Waals surface area contributed by atoms with Crippen molar-refractivity contribution in [2.45, 2.75) is 62.5 Å². The number of ketones is 3. The summed E-state index contributed by atoms with van der Waals surface area (Å²) in [7, 11) is 1.24. The molecule has 3 aliphatic rings. The fraction of sp³-hybridized carbons (Fsp3) is 0.250. The molecular formula is C48H37N3O21. The molecule has 5 aromatic rings. The first kappa shape index (κ1) is 49.4. The first-order valence-electron chi connectivity index (χ1n) is 21.4. The van der Waals surface area contributed by atoms with E-state index < -0.39 is 135 Å². The summed E-state index contributed by atoms with van der Waals surface area (Å²) in [5.41, 5.74) is -6.67. The fourth-order valence-corrected chi connectivity index (χ4v) is 8.66. The maximum Gasteiger partial charge on any atom is 0.338 e. The van der Waals surface area contributed by atoms with Crippen LogP contribution < -0.4 is 4.74 Å². The summed E-state index contributed by atoms with van der Waals surface area (Å²) >= 11 is 0. The SMILES string of the molecule is COc1cccc2c1C(=O)c1c(O)c3c(c(O)c1C2=O)C[C@@](O)(C(C)=O)C[C@@H]3O[C@@H]1C[C@@H](OC(=O)c2ccc([N+](=O)[O-])cc2)[C@H](OC(=O)c2ccc([N+](=O)[O-])cc2)[C@@H](COC(=O)c2ccc([N+](=O)[O-])cc2)O1. The Kier molecular flexibility index (Phi) is 13.3. The van der Waals surface area contributed by atoms with E-state index in [1.165, 1.54) is 25.3 Å². The number of phenolic OH excluding ortho intramolecular Hbond substituents is 2. The number of rotatable bonds is 14. The zero-order valence-electron chi connectivity index (χ0n) is 37.4. The number of Topliss-reactive ketones (excluding diaryl/α,β-unsaturated/α-hetero) is 1. The molecule has 1 heterocycles. The number of nitro benzene ring substituents is 3. The Hall–Kier alpha value is -9.00. The number of aromatic hydroxyl groups is 2.